The minimum Gasteiger partial charge on any atom is -0.498 e. The van der Waals surface area contributed by atoms with Crippen LogP contribution in [0.4, 0.5) is 0 Å². The first-order valence-corrected chi connectivity index (χ1v) is 5.99. The molecule has 0 aromatic rings. The van der Waals surface area contributed by atoms with Gasteiger partial charge < -0.3 is 24.4 Å². The summed E-state index contributed by atoms with van der Waals surface area (Å²) < 4.78 is 15.3. The number of carbonyl (C=O) groups is 1. The summed E-state index contributed by atoms with van der Waals surface area (Å²) >= 11 is 0. The quantitative estimate of drug-likeness (QED) is 0.380. The minimum absolute atomic E-state index is 0.00104. The molecule has 0 spiro atoms. The van der Waals surface area contributed by atoms with Crippen LogP contribution in [0.5, 0.6) is 0 Å². The van der Waals surface area contributed by atoms with Gasteiger partial charge in [-0.25, -0.2) is 4.79 Å². The molecule has 1 heterocycles. The predicted molar refractivity (Wildman–Crippen MR) is 62.7 cm³/mol. The van der Waals surface area contributed by atoms with Crippen molar-refractivity contribution < 1.29 is 29.2 Å². The molecule has 1 aliphatic rings. The van der Waals surface area contributed by atoms with Gasteiger partial charge in [-0.15, -0.1) is 0 Å². The number of aliphatic hydroxyl groups excluding tert-OH is 2. The van der Waals surface area contributed by atoms with Crippen molar-refractivity contribution in [2.45, 2.75) is 32.0 Å². The van der Waals surface area contributed by atoms with E-state index in [-0.39, 0.29) is 25.9 Å². The molecule has 0 radical (unpaired) electrons. The molecule has 2 atom stereocenters. The second-order valence-electron chi connectivity index (χ2n) is 4.20. The Labute approximate surface area is 106 Å². The van der Waals surface area contributed by atoms with Crippen LogP contribution in [0.2, 0.25) is 0 Å². The second-order valence-corrected chi connectivity index (χ2v) is 4.20. The van der Waals surface area contributed by atoms with Crippen molar-refractivity contribution in [3.05, 3.63) is 11.8 Å². The summed E-state index contributed by atoms with van der Waals surface area (Å²) in [5.41, 5.74) is 0.304. The molecular weight excluding hydrogens is 240 g/mol. The van der Waals surface area contributed by atoms with Crippen molar-refractivity contribution >= 4 is 5.97 Å². The fraction of sp³-hybridized carbons (Fsp3) is 0.750. The van der Waals surface area contributed by atoms with Gasteiger partial charge >= 0.3 is 5.97 Å². The topological polar surface area (TPSA) is 85.2 Å². The Balaban J connectivity index is 2.20. The third kappa shape index (κ3) is 5.48. The van der Waals surface area contributed by atoms with E-state index in [4.69, 9.17) is 24.4 Å². The Bertz CT molecular complexity index is 282. The van der Waals surface area contributed by atoms with E-state index in [2.05, 4.69) is 0 Å². The number of hydrogen-bond donors (Lipinski definition) is 2. The molecular formula is C12H20O6. The third-order valence-corrected chi connectivity index (χ3v) is 2.51. The molecule has 6 heteroatoms. The maximum Gasteiger partial charge on any atom is 0.336 e. The van der Waals surface area contributed by atoms with Crippen LogP contribution in [0.1, 0.15) is 19.8 Å². The summed E-state index contributed by atoms with van der Waals surface area (Å²) in [4.78, 5) is 11.5. The minimum atomic E-state index is -0.947. The molecule has 1 fully saturated rings. The number of aliphatic hydroxyl groups is 2. The number of esters is 1. The van der Waals surface area contributed by atoms with Gasteiger partial charge in [0.1, 0.15) is 19.3 Å². The van der Waals surface area contributed by atoms with Crippen LogP contribution in [0.3, 0.4) is 0 Å². The van der Waals surface area contributed by atoms with Crippen LogP contribution in [-0.4, -0.2) is 54.8 Å². The summed E-state index contributed by atoms with van der Waals surface area (Å²) in [5.74, 6) is -0.469. The highest BCUT2D eigenvalue weighted by Gasteiger charge is 2.18. The Morgan fingerprint density at radius 1 is 1.61 bits per heavy atom. The highest BCUT2D eigenvalue weighted by Crippen LogP contribution is 2.12. The van der Waals surface area contributed by atoms with Crippen LogP contribution in [0, 0.1) is 0 Å². The fourth-order valence-corrected chi connectivity index (χ4v) is 1.44. The smallest absolute Gasteiger partial charge is 0.336 e. The van der Waals surface area contributed by atoms with Gasteiger partial charge in [0.15, 0.2) is 0 Å². The van der Waals surface area contributed by atoms with Crippen LogP contribution in [0.15, 0.2) is 11.8 Å². The first-order valence-electron chi connectivity index (χ1n) is 5.99. The largest absolute Gasteiger partial charge is 0.498 e. The zero-order chi connectivity index (χ0) is 13.4. The average molecular weight is 260 g/mol. The van der Waals surface area contributed by atoms with Crippen molar-refractivity contribution in [2.75, 3.05) is 26.4 Å². The molecule has 0 amide bonds. The molecule has 104 valence electrons. The number of carbonyl (C=O) groups excluding carboxylic acids is 1. The highest BCUT2D eigenvalue weighted by atomic mass is 16.6. The molecule has 2 N–H and O–H groups in total. The van der Waals surface area contributed by atoms with Crippen molar-refractivity contribution in [1.82, 2.24) is 0 Å². The summed E-state index contributed by atoms with van der Waals surface area (Å²) in [6, 6.07) is 0. The van der Waals surface area contributed by atoms with E-state index in [9.17, 15) is 4.79 Å². The summed E-state index contributed by atoms with van der Waals surface area (Å²) in [7, 11) is 0. The standard InChI is InChI=1S/C12H20O6/c1-9(6-16-7-10(14)5-13)12(15)18-8-11-3-2-4-17-11/h6,10-11,13-14H,2-5,7-8H2,1H3. The van der Waals surface area contributed by atoms with E-state index in [1.807, 2.05) is 0 Å². The number of rotatable bonds is 7. The molecule has 2 unspecified atom stereocenters. The van der Waals surface area contributed by atoms with Crippen LogP contribution < -0.4 is 0 Å². The monoisotopic (exact) mass is 260 g/mol. The van der Waals surface area contributed by atoms with Crippen LogP contribution in [0.25, 0.3) is 0 Å². The average Bonchev–Trinajstić information content (AvgIpc) is 2.88. The van der Waals surface area contributed by atoms with E-state index >= 15 is 0 Å². The number of ether oxygens (including phenoxy) is 3. The van der Waals surface area contributed by atoms with Crippen molar-refractivity contribution in [3.8, 4) is 0 Å². The van der Waals surface area contributed by atoms with Gasteiger partial charge in [-0.1, -0.05) is 0 Å². The molecule has 1 saturated heterocycles. The predicted octanol–water partition coefficient (Wildman–Crippen LogP) is -0.0178. The lowest BCUT2D eigenvalue weighted by Crippen LogP contribution is -2.19. The molecule has 0 aromatic heterocycles. The lowest BCUT2D eigenvalue weighted by Gasteiger charge is -2.10. The third-order valence-electron chi connectivity index (χ3n) is 2.51. The van der Waals surface area contributed by atoms with E-state index in [1.54, 1.807) is 6.92 Å². The fourth-order valence-electron chi connectivity index (χ4n) is 1.44. The molecule has 1 aliphatic heterocycles. The number of hydrogen-bond acceptors (Lipinski definition) is 6. The van der Waals surface area contributed by atoms with Gasteiger partial charge in [-0.05, 0) is 19.8 Å². The van der Waals surface area contributed by atoms with E-state index in [0.29, 0.717) is 5.57 Å². The second kappa shape index (κ2) is 8.07. The summed E-state index contributed by atoms with van der Waals surface area (Å²) in [6.07, 6.45) is 2.18. The molecule has 0 aliphatic carbocycles. The van der Waals surface area contributed by atoms with Gasteiger partial charge in [-0.2, -0.15) is 0 Å². The Hall–Kier alpha value is -1.11. The van der Waals surface area contributed by atoms with E-state index in [1.165, 1.54) is 6.26 Å². The highest BCUT2D eigenvalue weighted by molar-refractivity contribution is 5.87. The lowest BCUT2D eigenvalue weighted by atomic mass is 10.2. The van der Waals surface area contributed by atoms with Crippen molar-refractivity contribution in [3.63, 3.8) is 0 Å². The van der Waals surface area contributed by atoms with Gasteiger partial charge in [0.25, 0.3) is 0 Å². The van der Waals surface area contributed by atoms with Gasteiger partial charge in [-0.3, -0.25) is 0 Å². The maximum atomic E-state index is 11.5. The Kier molecular flexibility index (Phi) is 6.70. The summed E-state index contributed by atoms with van der Waals surface area (Å²) in [6.45, 7) is 2.09. The van der Waals surface area contributed by atoms with Crippen LogP contribution >= 0.6 is 0 Å². The van der Waals surface area contributed by atoms with E-state index < -0.39 is 12.1 Å². The Morgan fingerprint density at radius 2 is 2.39 bits per heavy atom. The molecule has 18 heavy (non-hydrogen) atoms. The first kappa shape index (κ1) is 14.9. The van der Waals surface area contributed by atoms with Crippen molar-refractivity contribution in [2.24, 2.45) is 0 Å². The molecule has 1 rings (SSSR count). The Morgan fingerprint density at radius 3 is 3.00 bits per heavy atom. The molecule has 0 saturated carbocycles. The first-order chi connectivity index (χ1) is 8.63. The molecule has 6 nitrogen and oxygen atoms in total. The van der Waals surface area contributed by atoms with Crippen LogP contribution in [-0.2, 0) is 19.0 Å². The maximum absolute atomic E-state index is 11.5. The zero-order valence-corrected chi connectivity index (χ0v) is 10.5. The van der Waals surface area contributed by atoms with Crippen molar-refractivity contribution in [1.29, 1.82) is 0 Å². The summed E-state index contributed by atoms with van der Waals surface area (Å²) in [5, 5.41) is 17.6. The van der Waals surface area contributed by atoms with Gasteiger partial charge in [0.2, 0.25) is 0 Å². The lowest BCUT2D eigenvalue weighted by molar-refractivity contribution is -0.142. The zero-order valence-electron chi connectivity index (χ0n) is 10.5. The van der Waals surface area contributed by atoms with Gasteiger partial charge in [0, 0.05) is 6.61 Å². The SMILES string of the molecule is CC(=COCC(O)CO)C(=O)OCC1CCCO1. The normalized spacial score (nSPS) is 21.7. The molecule has 0 bridgehead atoms. The van der Waals surface area contributed by atoms with Gasteiger partial charge in [0.05, 0.1) is 24.5 Å². The molecule has 0 aromatic carbocycles. The van der Waals surface area contributed by atoms with E-state index in [0.717, 1.165) is 19.4 Å².